The molecular weight excluding hydrogens is 430 g/mol. The van der Waals surface area contributed by atoms with Crippen LogP contribution in [0.3, 0.4) is 0 Å². The minimum atomic E-state index is -3.83. The second-order valence-corrected chi connectivity index (χ2v) is 9.62. The number of sulfone groups is 1. The first-order chi connectivity index (χ1) is 15.3. The van der Waals surface area contributed by atoms with Gasteiger partial charge < -0.3 is 0 Å². The van der Waals surface area contributed by atoms with Gasteiger partial charge in [0.2, 0.25) is 0 Å². The number of carbonyl (C=O) groups is 2. The first-order valence-electron chi connectivity index (χ1n) is 10.2. The second-order valence-electron chi connectivity index (χ2n) is 7.63. The molecule has 0 spiro atoms. The van der Waals surface area contributed by atoms with Crippen LogP contribution in [0.15, 0.2) is 59.5 Å². The third-order valence-corrected chi connectivity index (χ3v) is 6.84. The number of aromatic nitrogens is 3. The molecule has 2 amide bonds. The molecule has 0 saturated carbocycles. The molecule has 0 radical (unpaired) electrons. The Kier molecular flexibility index (Phi) is 5.79. The molecule has 0 N–H and O–H groups in total. The first-order valence-corrected chi connectivity index (χ1v) is 11.8. The summed E-state index contributed by atoms with van der Waals surface area (Å²) < 4.78 is 25.4. The molecular formula is C22H23N5O4S. The van der Waals surface area contributed by atoms with Crippen LogP contribution in [0, 0.1) is 13.8 Å². The zero-order valence-electron chi connectivity index (χ0n) is 17.8. The lowest BCUT2D eigenvalue weighted by atomic mass is 10.2. The van der Waals surface area contributed by atoms with Crippen molar-refractivity contribution >= 4 is 21.7 Å². The van der Waals surface area contributed by atoms with Crippen LogP contribution in [-0.2, 0) is 14.6 Å². The number of carbonyl (C=O) groups excluding carboxylic acids is 2. The number of hydrazine groups is 1. The molecule has 32 heavy (non-hydrogen) atoms. The van der Waals surface area contributed by atoms with E-state index in [4.69, 9.17) is 0 Å². The van der Waals surface area contributed by atoms with Gasteiger partial charge in [0, 0.05) is 13.1 Å². The van der Waals surface area contributed by atoms with Crippen LogP contribution in [-0.4, -0.2) is 64.1 Å². The third kappa shape index (κ3) is 4.26. The van der Waals surface area contributed by atoms with E-state index in [1.165, 1.54) is 26.9 Å². The van der Waals surface area contributed by atoms with E-state index in [0.29, 0.717) is 24.3 Å². The summed E-state index contributed by atoms with van der Waals surface area (Å²) in [4.78, 5) is 27.5. The maximum absolute atomic E-state index is 13.2. The summed E-state index contributed by atoms with van der Waals surface area (Å²) in [5, 5.41) is 11.1. The molecule has 1 aliphatic rings. The van der Waals surface area contributed by atoms with Gasteiger partial charge in [0.15, 0.2) is 15.5 Å². The van der Waals surface area contributed by atoms with Crippen LogP contribution in [0.25, 0.3) is 5.69 Å². The highest BCUT2D eigenvalue weighted by atomic mass is 32.2. The van der Waals surface area contributed by atoms with Gasteiger partial charge in [0.1, 0.15) is 5.75 Å². The standard InChI is InChI=1S/C22H23N5O4S/c1-16-9-11-19(12-10-16)32(30,31)15-20(28)25-13-6-14-26(25)22(29)21-17(2)23-27(24-21)18-7-4-3-5-8-18/h3-5,7-12H,6,13-15H2,1-2H3. The number of rotatable bonds is 5. The zero-order valence-corrected chi connectivity index (χ0v) is 18.6. The van der Waals surface area contributed by atoms with Gasteiger partial charge in [-0.1, -0.05) is 35.9 Å². The molecule has 4 rings (SSSR count). The van der Waals surface area contributed by atoms with Crippen LogP contribution >= 0.6 is 0 Å². The second kappa shape index (κ2) is 8.54. The highest BCUT2D eigenvalue weighted by molar-refractivity contribution is 7.92. The summed E-state index contributed by atoms with van der Waals surface area (Å²) in [6, 6.07) is 15.5. The van der Waals surface area contributed by atoms with Crippen molar-refractivity contribution in [2.45, 2.75) is 25.2 Å². The quantitative estimate of drug-likeness (QED) is 0.585. The summed E-state index contributed by atoms with van der Waals surface area (Å²) in [7, 11) is -3.83. The fourth-order valence-corrected chi connectivity index (χ4v) is 4.72. The summed E-state index contributed by atoms with van der Waals surface area (Å²) in [5.74, 6) is -1.84. The summed E-state index contributed by atoms with van der Waals surface area (Å²) in [6.07, 6.45) is 0.550. The molecule has 3 aromatic rings. The fourth-order valence-electron chi connectivity index (χ4n) is 3.52. The predicted molar refractivity (Wildman–Crippen MR) is 117 cm³/mol. The van der Waals surface area contributed by atoms with Crippen molar-refractivity contribution in [3.63, 3.8) is 0 Å². The van der Waals surface area contributed by atoms with Crippen molar-refractivity contribution in [1.29, 1.82) is 0 Å². The maximum atomic E-state index is 13.2. The molecule has 1 saturated heterocycles. The van der Waals surface area contributed by atoms with E-state index in [1.807, 2.05) is 37.3 Å². The minimum Gasteiger partial charge on any atom is -0.272 e. The number of nitrogens with zero attached hydrogens (tertiary/aromatic N) is 5. The summed E-state index contributed by atoms with van der Waals surface area (Å²) in [5.41, 5.74) is 2.17. The maximum Gasteiger partial charge on any atom is 0.294 e. The molecule has 0 unspecified atom stereocenters. The van der Waals surface area contributed by atoms with Crippen LogP contribution < -0.4 is 0 Å². The van der Waals surface area contributed by atoms with Crippen LogP contribution in [0.1, 0.15) is 28.2 Å². The van der Waals surface area contributed by atoms with Gasteiger partial charge in [-0.25, -0.2) is 13.4 Å². The topological polar surface area (TPSA) is 105 Å². The van der Waals surface area contributed by atoms with Crippen molar-refractivity contribution in [2.75, 3.05) is 18.8 Å². The molecule has 2 aromatic carbocycles. The molecule has 1 fully saturated rings. The number of para-hydroxylation sites is 1. The van der Waals surface area contributed by atoms with Gasteiger partial charge >= 0.3 is 0 Å². The molecule has 10 heteroatoms. The lowest BCUT2D eigenvalue weighted by Crippen LogP contribution is -2.47. The Bertz CT molecular complexity index is 1250. The van der Waals surface area contributed by atoms with Crippen LogP contribution in [0.2, 0.25) is 0 Å². The first kappa shape index (κ1) is 21.7. The van der Waals surface area contributed by atoms with E-state index in [2.05, 4.69) is 10.2 Å². The average molecular weight is 454 g/mol. The molecule has 0 bridgehead atoms. The van der Waals surface area contributed by atoms with Crippen molar-refractivity contribution in [2.24, 2.45) is 0 Å². The molecule has 0 aliphatic carbocycles. The van der Waals surface area contributed by atoms with Gasteiger partial charge in [0.25, 0.3) is 11.8 Å². The molecule has 2 heterocycles. The number of hydrogen-bond donors (Lipinski definition) is 0. The number of hydrogen-bond acceptors (Lipinski definition) is 6. The van der Waals surface area contributed by atoms with E-state index >= 15 is 0 Å². The SMILES string of the molecule is Cc1ccc(S(=O)(=O)CC(=O)N2CCCN2C(=O)c2nn(-c3ccccc3)nc2C)cc1. The lowest BCUT2D eigenvalue weighted by Gasteiger charge is -2.27. The number of amides is 2. The fraction of sp³-hybridized carbons (Fsp3) is 0.273. The van der Waals surface area contributed by atoms with Crippen molar-refractivity contribution in [3.05, 3.63) is 71.5 Å². The Morgan fingerprint density at radius 1 is 0.906 bits per heavy atom. The lowest BCUT2D eigenvalue weighted by molar-refractivity contribution is -0.137. The number of benzene rings is 2. The normalized spacial score (nSPS) is 14.1. The highest BCUT2D eigenvalue weighted by Gasteiger charge is 2.35. The zero-order chi connectivity index (χ0) is 22.9. The molecule has 9 nitrogen and oxygen atoms in total. The van der Waals surface area contributed by atoms with E-state index in [0.717, 1.165) is 5.56 Å². The molecule has 1 aromatic heterocycles. The van der Waals surface area contributed by atoms with Gasteiger partial charge in [-0.05, 0) is 44.5 Å². The van der Waals surface area contributed by atoms with E-state index in [-0.39, 0.29) is 17.1 Å². The van der Waals surface area contributed by atoms with Gasteiger partial charge in [-0.3, -0.25) is 14.6 Å². The smallest absolute Gasteiger partial charge is 0.272 e. The van der Waals surface area contributed by atoms with Crippen molar-refractivity contribution in [1.82, 2.24) is 25.0 Å². The van der Waals surface area contributed by atoms with Gasteiger partial charge in [-0.15, -0.1) is 5.10 Å². The largest absolute Gasteiger partial charge is 0.294 e. The average Bonchev–Trinajstić information content (AvgIpc) is 3.41. The Hall–Kier alpha value is -3.53. The molecule has 166 valence electrons. The Morgan fingerprint density at radius 3 is 2.25 bits per heavy atom. The van der Waals surface area contributed by atoms with Crippen LogP contribution in [0.4, 0.5) is 0 Å². The van der Waals surface area contributed by atoms with Crippen molar-refractivity contribution < 1.29 is 18.0 Å². The van der Waals surface area contributed by atoms with Crippen LogP contribution in [0.5, 0.6) is 0 Å². The molecule has 0 atom stereocenters. The Labute approximate surface area is 186 Å². The van der Waals surface area contributed by atoms with Crippen molar-refractivity contribution in [3.8, 4) is 5.69 Å². The van der Waals surface area contributed by atoms with Gasteiger partial charge in [-0.2, -0.15) is 9.90 Å². The highest BCUT2D eigenvalue weighted by Crippen LogP contribution is 2.19. The summed E-state index contributed by atoms with van der Waals surface area (Å²) >= 11 is 0. The Morgan fingerprint density at radius 2 is 1.56 bits per heavy atom. The third-order valence-electron chi connectivity index (χ3n) is 5.22. The monoisotopic (exact) mass is 453 g/mol. The van der Waals surface area contributed by atoms with E-state index in [1.54, 1.807) is 19.1 Å². The van der Waals surface area contributed by atoms with E-state index in [9.17, 15) is 18.0 Å². The van der Waals surface area contributed by atoms with Gasteiger partial charge in [0.05, 0.1) is 16.3 Å². The molecule has 1 aliphatic heterocycles. The summed E-state index contributed by atoms with van der Waals surface area (Å²) in [6.45, 7) is 4.08. The predicted octanol–water partition coefficient (Wildman–Crippen LogP) is 1.95. The number of aryl methyl sites for hydroxylation is 2. The van der Waals surface area contributed by atoms with E-state index < -0.39 is 27.4 Å². The Balaban J connectivity index is 1.53. The minimum absolute atomic E-state index is 0.0789.